The molecule has 0 bridgehead atoms. The van der Waals surface area contributed by atoms with Crippen LogP contribution < -0.4 is 5.32 Å². The van der Waals surface area contributed by atoms with Crippen LogP contribution in [0.1, 0.15) is 53.9 Å². The second-order valence-corrected chi connectivity index (χ2v) is 7.63. The summed E-state index contributed by atoms with van der Waals surface area (Å²) in [7, 11) is 0. The first kappa shape index (κ1) is 14.0. The molecule has 2 nitrogen and oxygen atoms in total. The van der Waals surface area contributed by atoms with E-state index in [0.29, 0.717) is 0 Å². The zero-order chi connectivity index (χ0) is 12.6. The second-order valence-electron chi connectivity index (χ2n) is 6.26. The fourth-order valence-electron chi connectivity index (χ4n) is 2.32. The van der Waals surface area contributed by atoms with Gasteiger partial charge in [-0.15, -0.1) is 0 Å². The van der Waals surface area contributed by atoms with Crippen LogP contribution in [0, 0.1) is 11.3 Å². The van der Waals surface area contributed by atoms with Crippen LogP contribution in [0.2, 0.25) is 0 Å². The Kier molecular flexibility index (Phi) is 4.09. The summed E-state index contributed by atoms with van der Waals surface area (Å²) in [6, 6.07) is 0. The third-order valence-electron chi connectivity index (χ3n) is 4.01. The Balaban J connectivity index is 2.66. The largest absolute Gasteiger partial charge is 0.350 e. The molecule has 94 valence electrons. The van der Waals surface area contributed by atoms with Gasteiger partial charge in [0.15, 0.2) is 0 Å². The molecule has 0 aromatic carbocycles. The average molecular weight is 290 g/mol. The molecular weight excluding hydrogens is 266 g/mol. The lowest BCUT2D eigenvalue weighted by atomic mass is 9.81. The molecule has 0 heterocycles. The predicted molar refractivity (Wildman–Crippen MR) is 71.7 cm³/mol. The number of alkyl halides is 1. The minimum absolute atomic E-state index is 0.162. The van der Waals surface area contributed by atoms with E-state index in [-0.39, 0.29) is 27.6 Å². The van der Waals surface area contributed by atoms with Crippen molar-refractivity contribution in [3.8, 4) is 0 Å². The smallest absolute Gasteiger partial charge is 0.224 e. The number of carbonyl (C=O) groups is 1. The van der Waals surface area contributed by atoms with Gasteiger partial charge in [-0.25, -0.2) is 0 Å². The third-order valence-corrected chi connectivity index (χ3v) is 5.16. The quantitative estimate of drug-likeness (QED) is 0.792. The molecule has 0 spiro atoms. The molecule has 2 unspecified atom stereocenters. The molecule has 1 aliphatic carbocycles. The first-order valence-electron chi connectivity index (χ1n) is 6.13. The van der Waals surface area contributed by atoms with Gasteiger partial charge >= 0.3 is 0 Å². The number of carbonyl (C=O) groups excluding carboxylic acids is 1. The van der Waals surface area contributed by atoms with Gasteiger partial charge in [0.2, 0.25) is 5.91 Å². The van der Waals surface area contributed by atoms with E-state index in [0.717, 1.165) is 12.8 Å². The molecule has 2 atom stereocenters. The summed E-state index contributed by atoms with van der Waals surface area (Å²) < 4.78 is 0. The summed E-state index contributed by atoms with van der Waals surface area (Å²) in [4.78, 5) is 12.5. The van der Waals surface area contributed by atoms with Gasteiger partial charge in [-0.05, 0) is 32.1 Å². The molecule has 1 fully saturated rings. The lowest BCUT2D eigenvalue weighted by Crippen LogP contribution is -2.52. The summed E-state index contributed by atoms with van der Waals surface area (Å²) in [5.41, 5.74) is -0.0224. The van der Waals surface area contributed by atoms with Crippen molar-refractivity contribution in [2.45, 2.75) is 64.2 Å². The monoisotopic (exact) mass is 289 g/mol. The Morgan fingerprint density at radius 2 is 2.06 bits per heavy atom. The third kappa shape index (κ3) is 2.99. The zero-order valence-corrected chi connectivity index (χ0v) is 12.6. The van der Waals surface area contributed by atoms with Gasteiger partial charge in [0.05, 0.1) is 0 Å². The lowest BCUT2D eigenvalue weighted by molar-refractivity contribution is -0.129. The van der Waals surface area contributed by atoms with Gasteiger partial charge in [-0.3, -0.25) is 4.79 Å². The summed E-state index contributed by atoms with van der Waals surface area (Å²) in [5.74, 6) is 0.400. The molecule has 1 rings (SSSR count). The highest BCUT2D eigenvalue weighted by atomic mass is 79.9. The molecule has 1 aliphatic rings. The molecule has 3 heteroatoms. The molecule has 1 N–H and O–H groups in total. The summed E-state index contributed by atoms with van der Waals surface area (Å²) in [6.07, 6.45) is 3.37. The highest BCUT2D eigenvalue weighted by Crippen LogP contribution is 2.42. The molecule has 0 aromatic heterocycles. The second kappa shape index (κ2) is 4.67. The van der Waals surface area contributed by atoms with Crippen molar-refractivity contribution in [3.05, 3.63) is 0 Å². The summed E-state index contributed by atoms with van der Waals surface area (Å²) in [5, 5.41) is 3.17. The average Bonchev–Trinajstić information content (AvgIpc) is 2.43. The van der Waals surface area contributed by atoms with Crippen LogP contribution in [0.3, 0.4) is 0 Å². The number of nitrogens with one attached hydrogen (secondary N) is 1. The van der Waals surface area contributed by atoms with Crippen molar-refractivity contribution in [2.24, 2.45) is 11.3 Å². The van der Waals surface area contributed by atoms with Crippen LogP contribution in [0.5, 0.6) is 0 Å². The first-order chi connectivity index (χ1) is 7.17. The number of hydrogen-bond acceptors (Lipinski definition) is 1. The predicted octanol–water partition coefficient (Wildman–Crippen LogP) is 3.49. The number of amides is 1. The summed E-state index contributed by atoms with van der Waals surface area (Å²) >= 11 is 3.55. The molecule has 16 heavy (non-hydrogen) atoms. The Bertz CT molecular complexity index is 271. The van der Waals surface area contributed by atoms with Crippen molar-refractivity contribution >= 4 is 21.8 Å². The molecular formula is C13H24BrNO. The highest BCUT2D eigenvalue weighted by Gasteiger charge is 2.41. The molecule has 0 aliphatic heterocycles. The molecule has 0 radical (unpaired) electrons. The van der Waals surface area contributed by atoms with Crippen molar-refractivity contribution in [3.63, 3.8) is 0 Å². The first-order valence-corrected chi connectivity index (χ1v) is 7.04. The molecule has 1 amide bonds. The van der Waals surface area contributed by atoms with E-state index in [2.05, 4.69) is 55.9 Å². The number of hydrogen-bond donors (Lipinski definition) is 1. The van der Waals surface area contributed by atoms with Crippen molar-refractivity contribution in [1.82, 2.24) is 5.32 Å². The van der Waals surface area contributed by atoms with Crippen LogP contribution >= 0.6 is 15.9 Å². The standard InChI is InChI=1S/C13H24BrNO/c1-9(14)13(4,5)15-11(16)10-7-6-8-12(10,2)3/h9-10H,6-8H2,1-5H3,(H,15,16). The highest BCUT2D eigenvalue weighted by molar-refractivity contribution is 9.09. The Hall–Kier alpha value is -0.0500. The molecule has 0 aromatic rings. The van der Waals surface area contributed by atoms with Gasteiger partial charge < -0.3 is 5.32 Å². The van der Waals surface area contributed by atoms with Crippen molar-refractivity contribution < 1.29 is 4.79 Å². The van der Waals surface area contributed by atoms with Crippen LogP contribution in [0.4, 0.5) is 0 Å². The topological polar surface area (TPSA) is 29.1 Å². The Morgan fingerprint density at radius 1 is 1.50 bits per heavy atom. The van der Waals surface area contributed by atoms with Crippen molar-refractivity contribution in [2.75, 3.05) is 0 Å². The minimum Gasteiger partial charge on any atom is -0.350 e. The number of rotatable bonds is 3. The van der Waals surface area contributed by atoms with E-state index in [1.165, 1.54) is 6.42 Å². The Labute approximate surface area is 108 Å². The van der Waals surface area contributed by atoms with E-state index in [1.807, 2.05) is 0 Å². The van der Waals surface area contributed by atoms with Crippen LogP contribution in [-0.4, -0.2) is 16.3 Å². The van der Waals surface area contributed by atoms with Gasteiger partial charge in [0.1, 0.15) is 0 Å². The van der Waals surface area contributed by atoms with Gasteiger partial charge in [0.25, 0.3) is 0 Å². The normalized spacial score (nSPS) is 26.5. The van der Waals surface area contributed by atoms with Crippen LogP contribution in [0.15, 0.2) is 0 Å². The maximum absolute atomic E-state index is 12.2. The lowest BCUT2D eigenvalue weighted by Gasteiger charge is -2.33. The maximum atomic E-state index is 12.2. The SMILES string of the molecule is CC(Br)C(C)(C)NC(=O)C1CCCC1(C)C. The molecule has 1 saturated carbocycles. The Morgan fingerprint density at radius 3 is 2.44 bits per heavy atom. The zero-order valence-electron chi connectivity index (χ0n) is 11.1. The van der Waals surface area contributed by atoms with E-state index in [9.17, 15) is 4.79 Å². The fourth-order valence-corrected chi connectivity index (χ4v) is 2.43. The number of halogens is 1. The van der Waals surface area contributed by atoms with Crippen LogP contribution in [-0.2, 0) is 4.79 Å². The minimum atomic E-state index is -0.185. The maximum Gasteiger partial charge on any atom is 0.224 e. The fraction of sp³-hybridized carbons (Fsp3) is 0.923. The van der Waals surface area contributed by atoms with Gasteiger partial charge in [-0.2, -0.15) is 0 Å². The van der Waals surface area contributed by atoms with E-state index < -0.39 is 0 Å². The van der Waals surface area contributed by atoms with Crippen LogP contribution in [0.25, 0.3) is 0 Å². The van der Waals surface area contributed by atoms with E-state index in [1.54, 1.807) is 0 Å². The van der Waals surface area contributed by atoms with Gasteiger partial charge in [-0.1, -0.05) is 43.1 Å². The summed E-state index contributed by atoms with van der Waals surface area (Å²) in [6.45, 7) is 10.6. The molecule has 0 saturated heterocycles. The van der Waals surface area contributed by atoms with E-state index >= 15 is 0 Å². The van der Waals surface area contributed by atoms with E-state index in [4.69, 9.17) is 0 Å². The van der Waals surface area contributed by atoms with Gasteiger partial charge in [0, 0.05) is 16.3 Å². The van der Waals surface area contributed by atoms with Crippen molar-refractivity contribution in [1.29, 1.82) is 0 Å².